The number of unbranched alkanes of at least 4 members (excludes halogenated alkanes) is 24. The van der Waals surface area contributed by atoms with Crippen molar-refractivity contribution in [3.63, 3.8) is 0 Å². The van der Waals surface area contributed by atoms with E-state index in [4.69, 9.17) is 9.05 Å². The number of amides is 1. The fourth-order valence-corrected chi connectivity index (χ4v) is 6.99. The Morgan fingerprint density at radius 3 is 1.53 bits per heavy atom. The molecule has 0 aliphatic heterocycles. The second-order valence-electron chi connectivity index (χ2n) is 16.1. The van der Waals surface area contributed by atoms with E-state index in [-0.39, 0.29) is 19.1 Å². The molecule has 8 nitrogen and oxygen atoms in total. The summed E-state index contributed by atoms with van der Waals surface area (Å²) in [6.07, 6.45) is 37.8. The zero-order chi connectivity index (χ0) is 37.9. The van der Waals surface area contributed by atoms with Gasteiger partial charge in [-0.05, 0) is 38.5 Å². The maximum Gasteiger partial charge on any atom is 0.268 e. The number of nitrogens with zero attached hydrogens (tertiary/aromatic N) is 1. The lowest BCUT2D eigenvalue weighted by Crippen LogP contribution is -2.46. The Morgan fingerprint density at radius 1 is 0.667 bits per heavy atom. The van der Waals surface area contributed by atoms with Gasteiger partial charge in [0.15, 0.2) is 0 Å². The zero-order valence-electron chi connectivity index (χ0n) is 34.3. The average molecular weight is 745 g/mol. The third-order valence-electron chi connectivity index (χ3n) is 9.75. The van der Waals surface area contributed by atoms with Crippen molar-refractivity contribution in [3.8, 4) is 0 Å². The van der Waals surface area contributed by atoms with E-state index in [9.17, 15) is 19.4 Å². The van der Waals surface area contributed by atoms with Gasteiger partial charge in [-0.1, -0.05) is 167 Å². The number of hydrogen-bond acceptors (Lipinski definition) is 6. The number of nitrogens with one attached hydrogen (secondary N) is 1. The number of likely N-dealkylation sites (N-methyl/N-ethyl adjacent to an activating group) is 1. The van der Waals surface area contributed by atoms with Gasteiger partial charge < -0.3 is 28.8 Å². The van der Waals surface area contributed by atoms with Crippen molar-refractivity contribution in [1.82, 2.24) is 5.32 Å². The van der Waals surface area contributed by atoms with Crippen LogP contribution in [0.5, 0.6) is 0 Å². The molecule has 9 heteroatoms. The fourth-order valence-electron chi connectivity index (χ4n) is 6.27. The largest absolute Gasteiger partial charge is 0.756 e. The highest BCUT2D eigenvalue weighted by Crippen LogP contribution is 2.38. The molecule has 0 rings (SSSR count). The summed E-state index contributed by atoms with van der Waals surface area (Å²) in [7, 11) is 1.29. The molecule has 2 N–H and O–H groups in total. The average Bonchev–Trinajstić information content (AvgIpc) is 3.07. The predicted octanol–water partition coefficient (Wildman–Crippen LogP) is 10.9. The molecule has 0 aromatic carbocycles. The molecule has 0 aromatic heterocycles. The molecule has 0 saturated carbocycles. The third kappa shape index (κ3) is 37.4. The van der Waals surface area contributed by atoms with Crippen LogP contribution in [0.15, 0.2) is 12.2 Å². The first kappa shape index (κ1) is 50.2. The van der Waals surface area contributed by atoms with E-state index in [1.165, 1.54) is 128 Å². The molecule has 3 atom stereocenters. The summed E-state index contributed by atoms with van der Waals surface area (Å²) in [5, 5.41) is 13.9. The lowest BCUT2D eigenvalue weighted by molar-refractivity contribution is -0.870. The van der Waals surface area contributed by atoms with E-state index in [1.807, 2.05) is 21.1 Å². The van der Waals surface area contributed by atoms with Gasteiger partial charge in [0.1, 0.15) is 13.2 Å². The summed E-state index contributed by atoms with van der Waals surface area (Å²) in [5.74, 6) is -0.174. The highest BCUT2D eigenvalue weighted by atomic mass is 31.2. The lowest BCUT2D eigenvalue weighted by Gasteiger charge is -2.30. The summed E-state index contributed by atoms with van der Waals surface area (Å²) in [6, 6.07) is -0.810. The number of allylic oxidation sites excluding steroid dienone is 2. The summed E-state index contributed by atoms with van der Waals surface area (Å²) in [6.45, 7) is 4.70. The number of rotatable bonds is 39. The molecule has 51 heavy (non-hydrogen) atoms. The van der Waals surface area contributed by atoms with Crippen molar-refractivity contribution in [3.05, 3.63) is 12.2 Å². The van der Waals surface area contributed by atoms with E-state index in [0.29, 0.717) is 23.9 Å². The number of phosphoric acid groups is 1. The normalized spacial score (nSPS) is 14.6. The maximum atomic E-state index is 12.8. The van der Waals surface area contributed by atoms with Gasteiger partial charge in [0.25, 0.3) is 7.82 Å². The molecule has 0 fully saturated rings. The Hall–Kier alpha value is -0.760. The van der Waals surface area contributed by atoms with E-state index < -0.39 is 20.0 Å². The standard InChI is InChI=1S/C42H85N2O6P/c1-6-8-10-12-14-16-18-20-21-22-23-24-25-27-29-31-33-35-41(45)40(39-50-51(47,48)49-38-37-44(3,4)5)43-42(46)36-34-32-30-28-26-19-17-15-13-11-9-7-2/h25,27,40-41,45H,6-24,26,28-39H2,1-5H3,(H-,43,46,47,48)/b27-25+/t40-,41+/m0/s1. The number of aliphatic hydroxyl groups excluding tert-OH is 1. The highest BCUT2D eigenvalue weighted by molar-refractivity contribution is 7.45. The smallest absolute Gasteiger partial charge is 0.268 e. The molecular formula is C42H85N2O6P. The number of phosphoric ester groups is 1. The summed E-state index contributed by atoms with van der Waals surface area (Å²) in [5.41, 5.74) is 0. The van der Waals surface area contributed by atoms with Crippen molar-refractivity contribution in [2.75, 3.05) is 40.9 Å². The van der Waals surface area contributed by atoms with Gasteiger partial charge in [-0.15, -0.1) is 0 Å². The molecule has 304 valence electrons. The first-order chi connectivity index (χ1) is 24.5. The minimum Gasteiger partial charge on any atom is -0.756 e. The van der Waals surface area contributed by atoms with E-state index >= 15 is 0 Å². The predicted molar refractivity (Wildman–Crippen MR) is 215 cm³/mol. The molecule has 0 aromatic rings. The van der Waals surface area contributed by atoms with Gasteiger partial charge in [-0.3, -0.25) is 9.36 Å². The molecule has 0 bridgehead atoms. The van der Waals surface area contributed by atoms with Crippen LogP contribution in [-0.2, 0) is 18.4 Å². The molecule has 0 saturated heterocycles. The van der Waals surface area contributed by atoms with Crippen LogP contribution in [0.4, 0.5) is 0 Å². The van der Waals surface area contributed by atoms with E-state index in [0.717, 1.165) is 44.9 Å². The Labute approximate surface area is 316 Å². The second kappa shape index (κ2) is 35.0. The van der Waals surface area contributed by atoms with Crippen LogP contribution in [0.1, 0.15) is 200 Å². The van der Waals surface area contributed by atoms with Crippen LogP contribution in [0, 0.1) is 0 Å². The highest BCUT2D eigenvalue weighted by Gasteiger charge is 2.24. The molecule has 0 radical (unpaired) electrons. The number of carbonyl (C=O) groups excluding carboxylic acids is 1. The molecule has 0 aliphatic rings. The SMILES string of the molecule is CCCCCCCCCCCCC/C=C/CCCC[C@@H](O)[C@H](COP(=O)([O-])OCC[N+](C)(C)C)NC(=O)CCCCCCCCCCCCCC. The molecule has 0 spiro atoms. The number of hydrogen-bond donors (Lipinski definition) is 2. The molecule has 0 heterocycles. The van der Waals surface area contributed by atoms with Crippen LogP contribution in [-0.4, -0.2) is 68.5 Å². The Balaban J connectivity index is 4.41. The minimum absolute atomic E-state index is 0.00951. The van der Waals surface area contributed by atoms with Crippen LogP contribution in [0.3, 0.4) is 0 Å². The van der Waals surface area contributed by atoms with Crippen molar-refractivity contribution >= 4 is 13.7 Å². The minimum atomic E-state index is -4.56. The van der Waals surface area contributed by atoms with Crippen molar-refractivity contribution in [2.45, 2.75) is 212 Å². The van der Waals surface area contributed by atoms with Gasteiger partial charge in [0.2, 0.25) is 5.91 Å². The van der Waals surface area contributed by atoms with Crippen molar-refractivity contribution in [2.24, 2.45) is 0 Å². The molecular weight excluding hydrogens is 659 g/mol. The maximum absolute atomic E-state index is 12.8. The van der Waals surface area contributed by atoms with Crippen LogP contribution in [0.2, 0.25) is 0 Å². The topological polar surface area (TPSA) is 108 Å². The number of aliphatic hydroxyl groups is 1. The monoisotopic (exact) mass is 745 g/mol. The van der Waals surface area contributed by atoms with E-state index in [1.54, 1.807) is 0 Å². The van der Waals surface area contributed by atoms with Gasteiger partial charge in [0.05, 0.1) is 39.9 Å². The Morgan fingerprint density at radius 2 is 1.08 bits per heavy atom. The number of quaternary nitrogens is 1. The Kier molecular flexibility index (Phi) is 34.5. The quantitative estimate of drug-likeness (QED) is 0.0281. The van der Waals surface area contributed by atoms with Crippen molar-refractivity contribution < 1.29 is 32.9 Å². The van der Waals surface area contributed by atoms with Gasteiger partial charge in [-0.2, -0.15) is 0 Å². The summed E-state index contributed by atoms with van der Waals surface area (Å²) < 4.78 is 23.2. The molecule has 1 amide bonds. The van der Waals surface area contributed by atoms with Gasteiger partial charge in [-0.25, -0.2) is 0 Å². The lowest BCUT2D eigenvalue weighted by atomic mass is 10.0. The van der Waals surface area contributed by atoms with Gasteiger partial charge >= 0.3 is 0 Å². The van der Waals surface area contributed by atoms with Crippen molar-refractivity contribution in [1.29, 1.82) is 0 Å². The third-order valence-corrected chi connectivity index (χ3v) is 10.7. The van der Waals surface area contributed by atoms with Crippen LogP contribution in [0.25, 0.3) is 0 Å². The molecule has 1 unspecified atom stereocenters. The van der Waals surface area contributed by atoms with E-state index in [2.05, 4.69) is 31.3 Å². The summed E-state index contributed by atoms with van der Waals surface area (Å²) >= 11 is 0. The second-order valence-corrected chi connectivity index (χ2v) is 17.5. The first-order valence-corrected chi connectivity index (χ1v) is 23.0. The zero-order valence-corrected chi connectivity index (χ0v) is 35.2. The fraction of sp³-hybridized carbons (Fsp3) is 0.929. The van der Waals surface area contributed by atoms with Gasteiger partial charge in [0, 0.05) is 6.42 Å². The molecule has 0 aliphatic carbocycles. The Bertz CT molecular complexity index is 850. The van der Waals surface area contributed by atoms with Crippen LogP contribution < -0.4 is 10.2 Å². The van der Waals surface area contributed by atoms with Crippen LogP contribution >= 0.6 is 7.82 Å². The number of carbonyl (C=O) groups is 1. The summed E-state index contributed by atoms with van der Waals surface area (Å²) in [4.78, 5) is 25.2. The first-order valence-electron chi connectivity index (χ1n) is 21.5.